The Balaban J connectivity index is 1.51. The van der Waals surface area contributed by atoms with Gasteiger partial charge in [-0.1, -0.05) is 18.2 Å². The van der Waals surface area contributed by atoms with Crippen molar-refractivity contribution in [1.29, 1.82) is 0 Å². The third kappa shape index (κ3) is 4.05. The first-order chi connectivity index (χ1) is 14.0. The zero-order valence-electron chi connectivity index (χ0n) is 16.8. The number of hydrogen-bond donors (Lipinski definition) is 2. The number of hydrogen-bond acceptors (Lipinski definition) is 5. The molecule has 1 heterocycles. The molecule has 0 bridgehead atoms. The number of methoxy groups -OCH3 is 1. The highest BCUT2D eigenvalue weighted by Crippen LogP contribution is 2.36. The molecule has 1 aromatic heterocycles. The van der Waals surface area contributed by atoms with Crippen LogP contribution in [0, 0.1) is 0 Å². The second-order valence-electron chi connectivity index (χ2n) is 7.57. The van der Waals surface area contributed by atoms with Crippen LogP contribution in [-0.2, 0) is 9.59 Å². The van der Waals surface area contributed by atoms with Crippen LogP contribution in [0.3, 0.4) is 0 Å². The molecular weight excluding hydrogens is 370 g/mol. The van der Waals surface area contributed by atoms with E-state index in [9.17, 15) is 9.59 Å². The maximum atomic E-state index is 12.8. The number of nitrogens with one attached hydrogen (secondary N) is 2. The van der Waals surface area contributed by atoms with Gasteiger partial charge in [0, 0.05) is 22.9 Å². The molecule has 0 saturated heterocycles. The normalized spacial score (nSPS) is 14.9. The SMILES string of the molecule is COc1cc2c(cc1NC(=O)[C@H](C)N(C)CC(=O)NC1CC1)oc1ccccc12. The van der Waals surface area contributed by atoms with Gasteiger partial charge in [-0.05, 0) is 38.9 Å². The number of carbonyl (C=O) groups excluding carboxylic acids is 2. The molecule has 7 heteroatoms. The maximum absolute atomic E-state index is 12.8. The molecule has 0 radical (unpaired) electrons. The van der Waals surface area contributed by atoms with Crippen LogP contribution in [0.4, 0.5) is 5.69 Å². The van der Waals surface area contributed by atoms with Gasteiger partial charge in [-0.2, -0.15) is 0 Å². The van der Waals surface area contributed by atoms with Gasteiger partial charge in [0.15, 0.2) is 0 Å². The number of likely N-dealkylation sites (N-methyl/N-ethyl adjacent to an activating group) is 1. The van der Waals surface area contributed by atoms with Crippen molar-refractivity contribution in [2.45, 2.75) is 31.8 Å². The molecule has 29 heavy (non-hydrogen) atoms. The lowest BCUT2D eigenvalue weighted by Crippen LogP contribution is -2.45. The number of para-hydroxylation sites is 1. The molecule has 1 saturated carbocycles. The molecule has 1 aliphatic rings. The van der Waals surface area contributed by atoms with Crippen molar-refractivity contribution in [2.24, 2.45) is 0 Å². The minimum absolute atomic E-state index is 0.0593. The molecule has 3 aromatic rings. The summed E-state index contributed by atoms with van der Waals surface area (Å²) in [5.74, 6) is 0.273. The maximum Gasteiger partial charge on any atom is 0.241 e. The van der Waals surface area contributed by atoms with Gasteiger partial charge < -0.3 is 19.8 Å². The highest BCUT2D eigenvalue weighted by molar-refractivity contribution is 6.08. The first-order valence-corrected chi connectivity index (χ1v) is 9.76. The zero-order chi connectivity index (χ0) is 20.5. The standard InChI is InChI=1S/C22H25N3O4/c1-13(25(2)12-21(26)23-14-8-9-14)22(27)24-17-11-19-16(10-20(17)28-3)15-6-4-5-7-18(15)29-19/h4-7,10-11,13-14H,8-9,12H2,1-3H3,(H,23,26)(H,24,27)/t13-/m0/s1. The molecule has 0 aliphatic heterocycles. The second kappa shape index (κ2) is 7.75. The van der Waals surface area contributed by atoms with E-state index >= 15 is 0 Å². The summed E-state index contributed by atoms with van der Waals surface area (Å²) in [6.07, 6.45) is 2.07. The van der Waals surface area contributed by atoms with Crippen LogP contribution in [-0.4, -0.2) is 49.5 Å². The Morgan fingerprint density at radius 3 is 2.69 bits per heavy atom. The number of amides is 2. The predicted octanol–water partition coefficient (Wildman–Crippen LogP) is 3.13. The minimum Gasteiger partial charge on any atom is -0.495 e. The molecule has 0 spiro atoms. The number of furan rings is 1. The fourth-order valence-electron chi connectivity index (χ4n) is 3.32. The molecule has 2 amide bonds. The fraction of sp³-hybridized carbons (Fsp3) is 0.364. The number of anilines is 1. The second-order valence-corrected chi connectivity index (χ2v) is 7.57. The molecule has 152 valence electrons. The first-order valence-electron chi connectivity index (χ1n) is 9.76. The number of benzene rings is 2. The van der Waals surface area contributed by atoms with Gasteiger partial charge in [-0.3, -0.25) is 14.5 Å². The summed E-state index contributed by atoms with van der Waals surface area (Å²) in [5.41, 5.74) is 1.99. The lowest BCUT2D eigenvalue weighted by molar-refractivity contribution is -0.124. The van der Waals surface area contributed by atoms with Crippen molar-refractivity contribution in [2.75, 3.05) is 26.0 Å². The summed E-state index contributed by atoms with van der Waals surface area (Å²) < 4.78 is 11.4. The Morgan fingerprint density at radius 1 is 1.21 bits per heavy atom. The van der Waals surface area contributed by atoms with E-state index in [1.165, 1.54) is 0 Å². The third-order valence-corrected chi connectivity index (χ3v) is 5.33. The van der Waals surface area contributed by atoms with E-state index in [1.54, 1.807) is 32.0 Å². The van der Waals surface area contributed by atoms with Crippen molar-refractivity contribution in [1.82, 2.24) is 10.2 Å². The van der Waals surface area contributed by atoms with Crippen LogP contribution >= 0.6 is 0 Å². The summed E-state index contributed by atoms with van der Waals surface area (Å²) in [6, 6.07) is 11.2. The van der Waals surface area contributed by atoms with Gasteiger partial charge in [0.05, 0.1) is 25.4 Å². The molecule has 4 rings (SSSR count). The number of carbonyl (C=O) groups is 2. The first kappa shape index (κ1) is 19.3. The molecular formula is C22H25N3O4. The van der Waals surface area contributed by atoms with Gasteiger partial charge in [0.2, 0.25) is 11.8 Å². The van der Waals surface area contributed by atoms with Crippen LogP contribution in [0.25, 0.3) is 21.9 Å². The fourth-order valence-corrected chi connectivity index (χ4v) is 3.32. The lowest BCUT2D eigenvalue weighted by atomic mass is 10.1. The third-order valence-electron chi connectivity index (χ3n) is 5.33. The summed E-state index contributed by atoms with van der Waals surface area (Å²) in [4.78, 5) is 26.5. The average Bonchev–Trinajstić information content (AvgIpc) is 3.44. The summed E-state index contributed by atoms with van der Waals surface area (Å²) in [6.45, 7) is 1.94. The van der Waals surface area contributed by atoms with Crippen LogP contribution in [0.5, 0.6) is 5.75 Å². The molecule has 7 nitrogen and oxygen atoms in total. The number of ether oxygens (including phenoxy) is 1. The lowest BCUT2D eigenvalue weighted by Gasteiger charge is -2.23. The molecule has 0 unspecified atom stereocenters. The monoisotopic (exact) mass is 395 g/mol. The van der Waals surface area contributed by atoms with E-state index in [-0.39, 0.29) is 18.4 Å². The van der Waals surface area contributed by atoms with Crippen molar-refractivity contribution in [3.05, 3.63) is 36.4 Å². The number of rotatable bonds is 7. The molecule has 2 aromatic carbocycles. The van der Waals surface area contributed by atoms with Crippen LogP contribution in [0.2, 0.25) is 0 Å². The summed E-state index contributed by atoms with van der Waals surface area (Å²) >= 11 is 0. The van der Waals surface area contributed by atoms with Crippen LogP contribution < -0.4 is 15.4 Å². The number of fused-ring (bicyclic) bond motifs is 3. The Hall–Kier alpha value is -3.06. The summed E-state index contributed by atoms with van der Waals surface area (Å²) in [5, 5.41) is 7.76. The molecule has 1 aliphatic carbocycles. The van der Waals surface area contributed by atoms with E-state index < -0.39 is 6.04 Å². The zero-order valence-corrected chi connectivity index (χ0v) is 16.8. The van der Waals surface area contributed by atoms with E-state index in [1.807, 2.05) is 30.3 Å². The van der Waals surface area contributed by atoms with Crippen molar-refractivity contribution in [3.8, 4) is 5.75 Å². The van der Waals surface area contributed by atoms with Crippen molar-refractivity contribution < 1.29 is 18.7 Å². The van der Waals surface area contributed by atoms with Gasteiger partial charge >= 0.3 is 0 Å². The smallest absolute Gasteiger partial charge is 0.241 e. The van der Waals surface area contributed by atoms with E-state index in [4.69, 9.17) is 9.15 Å². The predicted molar refractivity (Wildman–Crippen MR) is 112 cm³/mol. The minimum atomic E-state index is -0.490. The largest absolute Gasteiger partial charge is 0.495 e. The van der Waals surface area contributed by atoms with Gasteiger partial charge in [0.25, 0.3) is 0 Å². The number of nitrogens with zero attached hydrogens (tertiary/aromatic N) is 1. The Morgan fingerprint density at radius 2 is 1.97 bits per heavy atom. The van der Waals surface area contributed by atoms with Gasteiger partial charge in [0.1, 0.15) is 16.9 Å². The summed E-state index contributed by atoms with van der Waals surface area (Å²) in [7, 11) is 3.33. The van der Waals surface area contributed by atoms with Gasteiger partial charge in [-0.25, -0.2) is 0 Å². The highest BCUT2D eigenvalue weighted by Gasteiger charge is 2.26. The van der Waals surface area contributed by atoms with E-state index in [2.05, 4.69) is 10.6 Å². The Labute approximate surface area is 169 Å². The van der Waals surface area contributed by atoms with Crippen molar-refractivity contribution >= 4 is 39.4 Å². The Bertz CT molecular complexity index is 1070. The van der Waals surface area contributed by atoms with Gasteiger partial charge in [-0.15, -0.1) is 0 Å². The van der Waals surface area contributed by atoms with E-state index in [0.29, 0.717) is 23.1 Å². The molecule has 2 N–H and O–H groups in total. The van der Waals surface area contributed by atoms with Crippen LogP contribution in [0.1, 0.15) is 19.8 Å². The Kier molecular flexibility index (Phi) is 5.15. The molecule has 1 atom stereocenters. The molecule has 1 fully saturated rings. The van der Waals surface area contributed by atoms with E-state index in [0.717, 1.165) is 29.2 Å². The average molecular weight is 395 g/mol. The quantitative estimate of drug-likeness (QED) is 0.642. The topological polar surface area (TPSA) is 83.8 Å². The van der Waals surface area contributed by atoms with Crippen molar-refractivity contribution in [3.63, 3.8) is 0 Å². The highest BCUT2D eigenvalue weighted by atomic mass is 16.5. The van der Waals surface area contributed by atoms with Crippen LogP contribution in [0.15, 0.2) is 40.8 Å².